The highest BCUT2D eigenvalue weighted by atomic mass is 32.2. The molecule has 0 aliphatic carbocycles. The van der Waals surface area contributed by atoms with Crippen molar-refractivity contribution in [1.82, 2.24) is 19.7 Å². The molecule has 1 aliphatic heterocycles. The Morgan fingerprint density at radius 1 is 1.00 bits per heavy atom. The van der Waals surface area contributed by atoms with Gasteiger partial charge in [0, 0.05) is 24.2 Å². The third-order valence-corrected chi connectivity index (χ3v) is 5.29. The summed E-state index contributed by atoms with van der Waals surface area (Å²) in [7, 11) is 0. The van der Waals surface area contributed by atoms with E-state index in [1.54, 1.807) is 0 Å². The van der Waals surface area contributed by atoms with Crippen molar-refractivity contribution in [2.24, 2.45) is 0 Å². The van der Waals surface area contributed by atoms with Crippen molar-refractivity contribution < 1.29 is 9.59 Å². The summed E-state index contributed by atoms with van der Waals surface area (Å²) in [5, 5.41) is 9.29. The zero-order valence-corrected chi connectivity index (χ0v) is 15.4. The molecule has 0 spiro atoms. The fourth-order valence-electron chi connectivity index (χ4n) is 3.06. The van der Waals surface area contributed by atoms with Gasteiger partial charge in [-0.15, -0.1) is 10.2 Å². The first-order valence-electron chi connectivity index (χ1n) is 8.76. The molecule has 2 amide bonds. The van der Waals surface area contributed by atoms with Crippen LogP contribution in [0.3, 0.4) is 0 Å². The minimum Gasteiger partial charge on any atom is -0.282 e. The zero-order valence-electron chi connectivity index (χ0n) is 14.6. The van der Waals surface area contributed by atoms with E-state index in [1.165, 1.54) is 16.7 Å². The molecule has 0 atom stereocenters. The molecule has 1 saturated heterocycles. The summed E-state index contributed by atoms with van der Waals surface area (Å²) in [5.41, 5.74) is 1.87. The van der Waals surface area contributed by atoms with E-state index in [2.05, 4.69) is 10.2 Å². The standard InChI is InChI=1S/C20H18N4O2S/c25-17-12-7-13-23(17)18(26)14-27-20-22-21-19(15-8-3-1-4-9-15)24(20)16-10-5-2-6-11-16/h1-6,8-11H,7,12-14H2. The lowest BCUT2D eigenvalue weighted by atomic mass is 10.2. The van der Waals surface area contributed by atoms with Gasteiger partial charge in [-0.1, -0.05) is 60.3 Å². The van der Waals surface area contributed by atoms with Crippen LogP contribution in [0.2, 0.25) is 0 Å². The van der Waals surface area contributed by atoms with Gasteiger partial charge < -0.3 is 0 Å². The first-order valence-corrected chi connectivity index (χ1v) is 9.75. The molecule has 3 aromatic rings. The molecule has 7 heteroatoms. The van der Waals surface area contributed by atoms with Crippen LogP contribution in [0.15, 0.2) is 65.8 Å². The first-order chi connectivity index (χ1) is 13.2. The first kappa shape index (κ1) is 17.5. The number of amides is 2. The number of hydrogen-bond donors (Lipinski definition) is 0. The molecule has 1 aromatic heterocycles. The number of rotatable bonds is 5. The van der Waals surface area contributed by atoms with Crippen molar-refractivity contribution in [3.63, 3.8) is 0 Å². The van der Waals surface area contributed by atoms with E-state index in [4.69, 9.17) is 0 Å². The quantitative estimate of drug-likeness (QED) is 0.638. The van der Waals surface area contributed by atoms with Gasteiger partial charge in [0.2, 0.25) is 11.8 Å². The Bertz CT molecular complexity index is 957. The lowest BCUT2D eigenvalue weighted by Crippen LogP contribution is -2.33. The summed E-state index contributed by atoms with van der Waals surface area (Å²) < 4.78 is 1.94. The summed E-state index contributed by atoms with van der Waals surface area (Å²) in [4.78, 5) is 25.5. The van der Waals surface area contributed by atoms with E-state index >= 15 is 0 Å². The number of benzene rings is 2. The molecule has 0 bridgehead atoms. The Kier molecular flexibility index (Phi) is 5.02. The van der Waals surface area contributed by atoms with Crippen molar-refractivity contribution in [3.8, 4) is 17.1 Å². The van der Waals surface area contributed by atoms with Gasteiger partial charge in [0.1, 0.15) is 0 Å². The van der Waals surface area contributed by atoms with Crippen molar-refractivity contribution >= 4 is 23.6 Å². The lowest BCUT2D eigenvalue weighted by molar-refractivity contribution is -0.140. The molecule has 0 N–H and O–H groups in total. The maximum Gasteiger partial charge on any atom is 0.239 e. The smallest absolute Gasteiger partial charge is 0.239 e. The zero-order chi connectivity index (χ0) is 18.6. The molecule has 27 heavy (non-hydrogen) atoms. The Hall–Kier alpha value is -2.93. The second-order valence-corrected chi connectivity index (χ2v) is 7.12. The summed E-state index contributed by atoms with van der Waals surface area (Å²) in [5.74, 6) is 0.612. The summed E-state index contributed by atoms with van der Waals surface area (Å²) in [6.45, 7) is 0.513. The van der Waals surface area contributed by atoms with Crippen LogP contribution in [0.25, 0.3) is 17.1 Å². The third kappa shape index (κ3) is 3.64. The monoisotopic (exact) mass is 378 g/mol. The summed E-state index contributed by atoms with van der Waals surface area (Å²) in [6.07, 6.45) is 1.20. The molecule has 1 fully saturated rings. The van der Waals surface area contributed by atoms with Crippen molar-refractivity contribution in [2.45, 2.75) is 18.0 Å². The number of thioether (sulfide) groups is 1. The van der Waals surface area contributed by atoms with E-state index in [0.717, 1.165) is 17.7 Å². The minimum atomic E-state index is -0.175. The molecule has 4 rings (SSSR count). The molecule has 1 aliphatic rings. The second-order valence-electron chi connectivity index (χ2n) is 6.17. The molecular weight excluding hydrogens is 360 g/mol. The highest BCUT2D eigenvalue weighted by molar-refractivity contribution is 7.99. The summed E-state index contributed by atoms with van der Waals surface area (Å²) >= 11 is 1.30. The molecule has 2 heterocycles. The van der Waals surface area contributed by atoms with Gasteiger partial charge in [-0.05, 0) is 18.6 Å². The van der Waals surface area contributed by atoms with Crippen molar-refractivity contribution in [2.75, 3.05) is 12.3 Å². The Morgan fingerprint density at radius 3 is 2.37 bits per heavy atom. The number of hydrogen-bond acceptors (Lipinski definition) is 5. The summed E-state index contributed by atoms with van der Waals surface area (Å²) in [6, 6.07) is 19.6. The Morgan fingerprint density at radius 2 is 1.70 bits per heavy atom. The molecule has 0 radical (unpaired) electrons. The Labute approximate surface area is 161 Å². The highest BCUT2D eigenvalue weighted by Crippen LogP contribution is 2.28. The normalized spacial score (nSPS) is 13.9. The molecular formula is C20H18N4O2S. The van der Waals surface area contributed by atoms with Gasteiger partial charge in [0.05, 0.1) is 5.75 Å². The topological polar surface area (TPSA) is 68.1 Å². The van der Waals surface area contributed by atoms with E-state index in [1.807, 2.05) is 65.2 Å². The van der Waals surface area contributed by atoms with Crippen molar-refractivity contribution in [3.05, 3.63) is 60.7 Å². The number of imide groups is 1. The van der Waals surface area contributed by atoms with Crippen LogP contribution in [0.4, 0.5) is 0 Å². The van der Waals surface area contributed by atoms with Gasteiger partial charge in [0.25, 0.3) is 0 Å². The van der Waals surface area contributed by atoms with Gasteiger partial charge >= 0.3 is 0 Å². The fraction of sp³-hybridized carbons (Fsp3) is 0.200. The highest BCUT2D eigenvalue weighted by Gasteiger charge is 2.27. The SMILES string of the molecule is O=C1CCCN1C(=O)CSc1nnc(-c2ccccc2)n1-c1ccccc1. The van der Waals surface area contributed by atoms with Gasteiger partial charge in [0.15, 0.2) is 11.0 Å². The van der Waals surface area contributed by atoms with Crippen LogP contribution >= 0.6 is 11.8 Å². The van der Waals surface area contributed by atoms with Gasteiger partial charge in [-0.25, -0.2) is 0 Å². The van der Waals surface area contributed by atoms with E-state index in [9.17, 15) is 9.59 Å². The maximum atomic E-state index is 12.4. The third-order valence-electron chi connectivity index (χ3n) is 4.38. The van der Waals surface area contributed by atoms with Gasteiger partial charge in [-0.2, -0.15) is 0 Å². The van der Waals surface area contributed by atoms with Crippen LogP contribution in [0.1, 0.15) is 12.8 Å². The van der Waals surface area contributed by atoms with Crippen LogP contribution in [-0.2, 0) is 9.59 Å². The van der Waals surface area contributed by atoms with Crippen LogP contribution < -0.4 is 0 Å². The van der Waals surface area contributed by atoms with Crippen LogP contribution in [0, 0.1) is 0 Å². The number of carbonyl (C=O) groups is 2. The van der Waals surface area contributed by atoms with E-state index in [-0.39, 0.29) is 17.6 Å². The second kappa shape index (κ2) is 7.75. The largest absolute Gasteiger partial charge is 0.282 e. The number of aromatic nitrogens is 3. The van der Waals surface area contributed by atoms with Crippen LogP contribution in [0.5, 0.6) is 0 Å². The molecule has 2 aromatic carbocycles. The predicted octanol–water partition coefficient (Wildman–Crippen LogP) is 3.18. The molecule has 136 valence electrons. The molecule has 0 saturated carbocycles. The van der Waals surface area contributed by atoms with E-state index in [0.29, 0.717) is 23.9 Å². The number of nitrogens with zero attached hydrogens (tertiary/aromatic N) is 4. The van der Waals surface area contributed by atoms with E-state index < -0.39 is 0 Å². The lowest BCUT2D eigenvalue weighted by Gasteiger charge is -2.13. The molecule has 0 unspecified atom stereocenters. The maximum absolute atomic E-state index is 12.4. The molecule has 6 nitrogen and oxygen atoms in total. The fourth-order valence-corrected chi connectivity index (χ4v) is 3.89. The average Bonchev–Trinajstić information content (AvgIpc) is 3.33. The van der Waals surface area contributed by atoms with Crippen LogP contribution in [-0.4, -0.2) is 43.8 Å². The number of likely N-dealkylation sites (tertiary alicyclic amines) is 1. The minimum absolute atomic E-state index is 0.0879. The van der Waals surface area contributed by atoms with Crippen molar-refractivity contribution in [1.29, 1.82) is 0 Å². The number of para-hydroxylation sites is 1. The number of carbonyl (C=O) groups excluding carboxylic acids is 2. The Balaban J connectivity index is 1.64. The predicted molar refractivity (Wildman–Crippen MR) is 103 cm³/mol. The van der Waals surface area contributed by atoms with Gasteiger partial charge in [-0.3, -0.25) is 19.1 Å². The average molecular weight is 378 g/mol.